The maximum Gasteiger partial charge on any atom is 0.335 e. The summed E-state index contributed by atoms with van der Waals surface area (Å²) in [5, 5.41) is 0. The molecule has 3 aromatic rings. The molecule has 3 rings (SSSR count). The summed E-state index contributed by atoms with van der Waals surface area (Å²) >= 11 is 0. The number of carbonyl (C=O) groups excluding carboxylic acids is 1. The largest absolute Gasteiger partial charge is 0.497 e. The Morgan fingerprint density at radius 3 is 1.94 bits per heavy atom. The highest BCUT2D eigenvalue weighted by Crippen LogP contribution is 2.38. The monoisotopic (exact) mass is 416 g/mol. The maximum absolute atomic E-state index is 11.9. The van der Waals surface area contributed by atoms with Crippen molar-refractivity contribution in [2.75, 3.05) is 21.3 Å². The first-order chi connectivity index (χ1) is 15.1. The van der Waals surface area contributed by atoms with Gasteiger partial charge in [0.2, 0.25) is 0 Å². The minimum atomic E-state index is -0.537. The van der Waals surface area contributed by atoms with Crippen LogP contribution in [0.5, 0.6) is 23.0 Å². The van der Waals surface area contributed by atoms with Gasteiger partial charge in [-0.2, -0.15) is 0 Å². The van der Waals surface area contributed by atoms with Gasteiger partial charge in [-0.25, -0.2) is 4.79 Å². The van der Waals surface area contributed by atoms with Crippen LogP contribution < -0.4 is 18.9 Å². The summed E-state index contributed by atoms with van der Waals surface area (Å²) in [6.45, 7) is 3.49. The minimum Gasteiger partial charge on any atom is -0.497 e. The third kappa shape index (κ3) is 5.34. The standard InChI is InChI=1S/C26H24O5/c1-5-26(27)31-25-16-20(9-6-18-7-12-21(28-2)13-8-18)24(30-4)17-23(25)19-10-14-22(29-3)15-11-19/h5-17H,1H2,2-4H3/b9-6+. The second-order valence-corrected chi connectivity index (χ2v) is 6.55. The lowest BCUT2D eigenvalue weighted by Crippen LogP contribution is -2.05. The molecule has 0 saturated carbocycles. The summed E-state index contributed by atoms with van der Waals surface area (Å²) in [4.78, 5) is 11.9. The van der Waals surface area contributed by atoms with Crippen molar-refractivity contribution in [3.05, 3.63) is 84.4 Å². The van der Waals surface area contributed by atoms with Crippen LogP contribution in [0.4, 0.5) is 0 Å². The second-order valence-electron chi connectivity index (χ2n) is 6.55. The fourth-order valence-corrected chi connectivity index (χ4v) is 3.01. The van der Waals surface area contributed by atoms with E-state index in [0.29, 0.717) is 11.5 Å². The van der Waals surface area contributed by atoms with Crippen LogP contribution in [0.25, 0.3) is 23.3 Å². The van der Waals surface area contributed by atoms with Gasteiger partial charge in [0.25, 0.3) is 0 Å². The van der Waals surface area contributed by atoms with E-state index in [1.807, 2.05) is 66.7 Å². The Kier molecular flexibility index (Phi) is 7.12. The molecule has 0 fully saturated rings. The smallest absolute Gasteiger partial charge is 0.335 e. The summed E-state index contributed by atoms with van der Waals surface area (Å²) in [5.74, 6) is 2.04. The molecule has 3 aromatic carbocycles. The molecule has 0 aliphatic heterocycles. The van der Waals surface area contributed by atoms with E-state index in [-0.39, 0.29) is 0 Å². The van der Waals surface area contributed by atoms with Crippen molar-refractivity contribution in [3.8, 4) is 34.1 Å². The highest BCUT2D eigenvalue weighted by atomic mass is 16.5. The normalized spacial score (nSPS) is 10.5. The average Bonchev–Trinajstić information content (AvgIpc) is 2.83. The summed E-state index contributed by atoms with van der Waals surface area (Å²) in [5.41, 5.74) is 3.34. The third-order valence-corrected chi connectivity index (χ3v) is 4.68. The van der Waals surface area contributed by atoms with Crippen LogP contribution in [0.2, 0.25) is 0 Å². The Labute approximate surface area is 182 Å². The molecule has 0 saturated heterocycles. The number of rotatable bonds is 8. The van der Waals surface area contributed by atoms with Gasteiger partial charge in [0.05, 0.1) is 21.3 Å². The Morgan fingerprint density at radius 1 is 0.774 bits per heavy atom. The first-order valence-corrected chi connectivity index (χ1v) is 9.60. The van der Waals surface area contributed by atoms with Gasteiger partial charge in [-0.15, -0.1) is 0 Å². The highest BCUT2D eigenvalue weighted by Gasteiger charge is 2.14. The number of benzene rings is 3. The number of carbonyl (C=O) groups is 1. The minimum absolute atomic E-state index is 0.408. The third-order valence-electron chi connectivity index (χ3n) is 4.68. The average molecular weight is 416 g/mol. The molecular weight excluding hydrogens is 392 g/mol. The molecule has 0 radical (unpaired) electrons. The van der Waals surface area contributed by atoms with E-state index in [1.165, 1.54) is 0 Å². The molecule has 5 heteroatoms. The van der Waals surface area contributed by atoms with Crippen molar-refractivity contribution >= 4 is 18.1 Å². The summed E-state index contributed by atoms with van der Waals surface area (Å²) in [6.07, 6.45) is 4.99. The SMILES string of the molecule is C=CC(=O)Oc1cc(/C=C/c2ccc(OC)cc2)c(OC)cc1-c1ccc(OC)cc1. The van der Waals surface area contributed by atoms with Crippen molar-refractivity contribution in [2.45, 2.75) is 0 Å². The van der Waals surface area contributed by atoms with Crippen LogP contribution in [-0.4, -0.2) is 27.3 Å². The predicted octanol–water partition coefficient (Wildman–Crippen LogP) is 5.64. The molecule has 0 aromatic heterocycles. The van der Waals surface area contributed by atoms with Crippen LogP contribution in [0, 0.1) is 0 Å². The van der Waals surface area contributed by atoms with Crippen LogP contribution in [0.3, 0.4) is 0 Å². The van der Waals surface area contributed by atoms with Gasteiger partial charge in [0.15, 0.2) is 0 Å². The van der Waals surface area contributed by atoms with E-state index in [9.17, 15) is 4.79 Å². The molecule has 0 N–H and O–H groups in total. The Morgan fingerprint density at radius 2 is 1.39 bits per heavy atom. The number of ether oxygens (including phenoxy) is 4. The van der Waals surface area contributed by atoms with Crippen LogP contribution in [-0.2, 0) is 4.79 Å². The van der Waals surface area contributed by atoms with Gasteiger partial charge >= 0.3 is 5.97 Å². The zero-order chi connectivity index (χ0) is 22.2. The fraction of sp³-hybridized carbons (Fsp3) is 0.115. The number of esters is 1. The van der Waals surface area contributed by atoms with Crippen molar-refractivity contribution in [3.63, 3.8) is 0 Å². The van der Waals surface area contributed by atoms with Gasteiger partial charge in [-0.1, -0.05) is 43.0 Å². The van der Waals surface area contributed by atoms with E-state index in [4.69, 9.17) is 18.9 Å². The highest BCUT2D eigenvalue weighted by molar-refractivity contribution is 5.87. The topological polar surface area (TPSA) is 54.0 Å². The lowest BCUT2D eigenvalue weighted by atomic mass is 10.0. The summed E-state index contributed by atoms with van der Waals surface area (Å²) in [7, 11) is 4.85. The molecule has 0 aliphatic carbocycles. The maximum atomic E-state index is 11.9. The molecule has 0 amide bonds. The van der Waals surface area contributed by atoms with E-state index in [0.717, 1.165) is 39.8 Å². The van der Waals surface area contributed by atoms with Gasteiger partial charge < -0.3 is 18.9 Å². The molecule has 5 nitrogen and oxygen atoms in total. The zero-order valence-electron chi connectivity index (χ0n) is 17.8. The predicted molar refractivity (Wildman–Crippen MR) is 123 cm³/mol. The van der Waals surface area contributed by atoms with Crippen molar-refractivity contribution in [1.82, 2.24) is 0 Å². The lowest BCUT2D eigenvalue weighted by molar-refractivity contribution is -0.128. The molecule has 0 aliphatic rings. The van der Waals surface area contributed by atoms with Crippen molar-refractivity contribution < 1.29 is 23.7 Å². The second kappa shape index (κ2) is 10.2. The Bertz CT molecular complexity index is 1080. The summed E-state index contributed by atoms with van der Waals surface area (Å²) < 4.78 is 21.6. The molecule has 0 spiro atoms. The Hall–Kier alpha value is -3.99. The van der Waals surface area contributed by atoms with E-state index in [2.05, 4.69) is 6.58 Å². The van der Waals surface area contributed by atoms with Gasteiger partial charge in [0, 0.05) is 17.2 Å². The van der Waals surface area contributed by atoms with Crippen molar-refractivity contribution in [2.24, 2.45) is 0 Å². The fourth-order valence-electron chi connectivity index (χ4n) is 3.01. The van der Waals surface area contributed by atoms with E-state index in [1.54, 1.807) is 27.4 Å². The molecule has 0 heterocycles. The van der Waals surface area contributed by atoms with Crippen LogP contribution in [0.15, 0.2) is 73.3 Å². The quantitative estimate of drug-likeness (QED) is 0.206. The van der Waals surface area contributed by atoms with E-state index < -0.39 is 5.97 Å². The first kappa shape index (κ1) is 21.7. The molecular formula is C26H24O5. The van der Waals surface area contributed by atoms with Crippen molar-refractivity contribution in [1.29, 1.82) is 0 Å². The molecule has 31 heavy (non-hydrogen) atoms. The zero-order valence-corrected chi connectivity index (χ0v) is 17.8. The van der Waals surface area contributed by atoms with Gasteiger partial charge in [-0.3, -0.25) is 0 Å². The lowest BCUT2D eigenvalue weighted by Gasteiger charge is -2.14. The molecule has 158 valence electrons. The molecule has 0 bridgehead atoms. The summed E-state index contributed by atoms with van der Waals surface area (Å²) in [6, 6.07) is 18.8. The van der Waals surface area contributed by atoms with E-state index >= 15 is 0 Å². The van der Waals surface area contributed by atoms with Gasteiger partial charge in [0.1, 0.15) is 23.0 Å². The van der Waals surface area contributed by atoms with Crippen LogP contribution in [0.1, 0.15) is 11.1 Å². The van der Waals surface area contributed by atoms with Crippen LogP contribution >= 0.6 is 0 Å². The Balaban J connectivity index is 2.04. The number of hydrogen-bond donors (Lipinski definition) is 0. The molecule has 0 unspecified atom stereocenters. The van der Waals surface area contributed by atoms with Gasteiger partial charge in [-0.05, 0) is 47.5 Å². The number of methoxy groups -OCH3 is 3. The first-order valence-electron chi connectivity index (χ1n) is 9.60. The molecule has 0 atom stereocenters. The number of hydrogen-bond acceptors (Lipinski definition) is 5.